The van der Waals surface area contributed by atoms with Crippen LogP contribution < -0.4 is 10.5 Å². The number of nitrogens with zero attached hydrogens (tertiary/aromatic N) is 4. The lowest BCUT2D eigenvalue weighted by Crippen LogP contribution is -2.29. The largest absolute Gasteiger partial charge is 0.307 e. The average molecular weight is 439 g/mol. The van der Waals surface area contributed by atoms with Gasteiger partial charge in [0, 0.05) is 23.6 Å². The Bertz CT molecular complexity index is 1180. The minimum absolute atomic E-state index is 0.190. The van der Waals surface area contributed by atoms with Gasteiger partial charge in [-0.2, -0.15) is 0 Å². The Hall–Kier alpha value is -2.93. The second-order valence-corrected chi connectivity index (χ2v) is 7.50. The zero-order valence-electron chi connectivity index (χ0n) is 15.8. The van der Waals surface area contributed by atoms with Crippen LogP contribution in [0.4, 0.5) is 11.4 Å². The number of hydrogen-bond acceptors (Lipinski definition) is 3. The maximum atomic E-state index is 13.1. The number of halogens is 1. The fourth-order valence-electron chi connectivity index (χ4n) is 3.50. The molecule has 0 saturated heterocycles. The lowest BCUT2D eigenvalue weighted by atomic mass is 10.1. The first-order valence-corrected chi connectivity index (χ1v) is 9.77. The van der Waals surface area contributed by atoms with E-state index < -0.39 is 0 Å². The van der Waals surface area contributed by atoms with Gasteiger partial charge >= 0.3 is 0 Å². The molecule has 4 rings (SSSR count). The van der Waals surface area contributed by atoms with Gasteiger partial charge < -0.3 is 4.90 Å². The molecule has 0 bridgehead atoms. The zero-order valence-corrected chi connectivity index (χ0v) is 17.4. The highest BCUT2D eigenvalue weighted by Gasteiger charge is 2.34. The molecule has 1 aromatic heterocycles. The van der Waals surface area contributed by atoms with Crippen LogP contribution in [0, 0.1) is 6.92 Å². The molecular formula is C21H19BrN4O2. The van der Waals surface area contributed by atoms with Crippen molar-refractivity contribution in [1.82, 2.24) is 9.36 Å². The number of carbonyl (C=O) groups is 1. The summed E-state index contributed by atoms with van der Waals surface area (Å²) in [5.41, 5.74) is 3.31. The van der Waals surface area contributed by atoms with E-state index in [4.69, 9.17) is 0 Å². The van der Waals surface area contributed by atoms with Crippen molar-refractivity contribution >= 4 is 38.9 Å². The molecule has 0 fully saturated rings. The van der Waals surface area contributed by atoms with Crippen LogP contribution in [0.15, 0.2) is 62.8 Å². The molecule has 2 aromatic carbocycles. The number of aromatic nitrogens is 2. The van der Waals surface area contributed by atoms with Crippen LogP contribution in [0.25, 0.3) is 5.69 Å². The number of benzene rings is 2. The summed E-state index contributed by atoms with van der Waals surface area (Å²) in [6, 6.07) is 15.0. The molecule has 2 heterocycles. The first-order valence-electron chi connectivity index (χ1n) is 8.98. The molecule has 28 heavy (non-hydrogen) atoms. The SMILES string of the molecule is CCN1C(=O)C(=Nc2c(C)n(C)n(-c3ccccc3)c2=O)c2cc(Br)ccc21. The van der Waals surface area contributed by atoms with Crippen molar-refractivity contribution < 1.29 is 4.79 Å². The van der Waals surface area contributed by atoms with Crippen LogP contribution in [0.5, 0.6) is 0 Å². The Kier molecular flexibility index (Phi) is 4.55. The number of para-hydroxylation sites is 1. The lowest BCUT2D eigenvalue weighted by Gasteiger charge is -2.13. The van der Waals surface area contributed by atoms with Crippen LogP contribution in [0.3, 0.4) is 0 Å². The van der Waals surface area contributed by atoms with E-state index in [1.807, 2.05) is 69.4 Å². The van der Waals surface area contributed by atoms with E-state index in [2.05, 4.69) is 20.9 Å². The van der Waals surface area contributed by atoms with Gasteiger partial charge in [0.25, 0.3) is 11.5 Å². The molecule has 7 heteroatoms. The number of fused-ring (bicyclic) bond motifs is 1. The number of rotatable bonds is 3. The van der Waals surface area contributed by atoms with E-state index >= 15 is 0 Å². The summed E-state index contributed by atoms with van der Waals surface area (Å²) in [6.45, 7) is 4.29. The second kappa shape index (κ2) is 6.91. The Balaban J connectivity index is 1.93. The van der Waals surface area contributed by atoms with Gasteiger partial charge in [-0.25, -0.2) is 9.67 Å². The quantitative estimate of drug-likeness (QED) is 0.625. The first kappa shape index (κ1) is 18.4. The molecule has 1 aliphatic heterocycles. The summed E-state index contributed by atoms with van der Waals surface area (Å²) in [6.07, 6.45) is 0. The van der Waals surface area contributed by atoms with Crippen molar-refractivity contribution in [3.63, 3.8) is 0 Å². The van der Waals surface area contributed by atoms with Crippen molar-refractivity contribution in [2.24, 2.45) is 12.0 Å². The zero-order chi connectivity index (χ0) is 20.0. The topological polar surface area (TPSA) is 59.6 Å². The Morgan fingerprint density at radius 1 is 1.07 bits per heavy atom. The molecule has 1 aliphatic rings. The third kappa shape index (κ3) is 2.74. The van der Waals surface area contributed by atoms with Gasteiger partial charge in [0.05, 0.1) is 17.1 Å². The summed E-state index contributed by atoms with van der Waals surface area (Å²) < 4.78 is 4.18. The van der Waals surface area contributed by atoms with Gasteiger partial charge in [-0.15, -0.1) is 0 Å². The van der Waals surface area contributed by atoms with Crippen LogP contribution in [0.1, 0.15) is 18.2 Å². The van der Waals surface area contributed by atoms with Crippen LogP contribution in [-0.2, 0) is 11.8 Å². The fraction of sp³-hybridized carbons (Fsp3) is 0.190. The van der Waals surface area contributed by atoms with Gasteiger partial charge in [0.15, 0.2) is 5.69 Å². The number of amides is 1. The molecule has 0 N–H and O–H groups in total. The van der Waals surface area contributed by atoms with Crippen LogP contribution in [0.2, 0.25) is 0 Å². The Morgan fingerprint density at radius 3 is 2.46 bits per heavy atom. The summed E-state index contributed by atoms with van der Waals surface area (Å²) >= 11 is 3.46. The smallest absolute Gasteiger partial charge is 0.297 e. The Labute approximate surface area is 170 Å². The molecule has 6 nitrogen and oxygen atoms in total. The molecule has 0 spiro atoms. The average Bonchev–Trinajstić information content (AvgIpc) is 3.07. The predicted octanol–water partition coefficient (Wildman–Crippen LogP) is 3.73. The van der Waals surface area contributed by atoms with Crippen LogP contribution >= 0.6 is 15.9 Å². The van der Waals surface area contributed by atoms with Gasteiger partial charge in [0.1, 0.15) is 5.71 Å². The third-order valence-corrected chi connectivity index (χ3v) is 5.51. The molecule has 142 valence electrons. The van der Waals surface area contributed by atoms with E-state index in [9.17, 15) is 9.59 Å². The highest BCUT2D eigenvalue weighted by Crippen LogP contribution is 2.33. The standard InChI is InChI=1S/C21H19BrN4O2/c1-4-25-17-11-10-14(22)12-16(17)19(20(25)27)23-18-13(2)24(3)26(21(18)28)15-8-6-5-7-9-15/h5-12H,4H2,1-3H3. The molecular weight excluding hydrogens is 420 g/mol. The van der Waals surface area contributed by atoms with E-state index in [-0.39, 0.29) is 17.2 Å². The van der Waals surface area contributed by atoms with E-state index in [0.717, 1.165) is 21.4 Å². The molecule has 0 aliphatic carbocycles. The van der Waals surface area contributed by atoms with Crippen molar-refractivity contribution in [2.75, 3.05) is 11.4 Å². The minimum Gasteiger partial charge on any atom is -0.307 e. The lowest BCUT2D eigenvalue weighted by molar-refractivity contribution is -0.112. The van der Waals surface area contributed by atoms with Gasteiger partial charge in [0.2, 0.25) is 0 Å². The van der Waals surface area contributed by atoms with Crippen molar-refractivity contribution in [1.29, 1.82) is 0 Å². The number of aliphatic imine (C=N–C) groups is 1. The van der Waals surface area contributed by atoms with Crippen molar-refractivity contribution in [2.45, 2.75) is 13.8 Å². The highest BCUT2D eigenvalue weighted by molar-refractivity contribution is 9.10. The number of anilines is 1. The van der Waals surface area contributed by atoms with E-state index in [0.29, 0.717) is 18.0 Å². The number of likely N-dealkylation sites (N-methyl/N-ethyl adjacent to an activating group) is 1. The predicted molar refractivity (Wildman–Crippen MR) is 114 cm³/mol. The monoisotopic (exact) mass is 438 g/mol. The fourth-order valence-corrected chi connectivity index (χ4v) is 3.86. The third-order valence-electron chi connectivity index (χ3n) is 5.02. The molecule has 0 unspecified atom stereocenters. The van der Waals surface area contributed by atoms with Gasteiger partial charge in [-0.05, 0) is 44.2 Å². The normalized spacial score (nSPS) is 14.8. The maximum absolute atomic E-state index is 13.1. The minimum atomic E-state index is -0.252. The van der Waals surface area contributed by atoms with E-state index in [1.165, 1.54) is 0 Å². The highest BCUT2D eigenvalue weighted by atomic mass is 79.9. The molecule has 0 radical (unpaired) electrons. The summed E-state index contributed by atoms with van der Waals surface area (Å²) in [5, 5.41) is 0. The Morgan fingerprint density at radius 2 is 1.79 bits per heavy atom. The maximum Gasteiger partial charge on any atom is 0.297 e. The van der Waals surface area contributed by atoms with Crippen LogP contribution in [-0.4, -0.2) is 27.5 Å². The van der Waals surface area contributed by atoms with Crippen molar-refractivity contribution in [3.8, 4) is 5.69 Å². The number of carbonyl (C=O) groups excluding carboxylic acids is 1. The first-order chi connectivity index (χ1) is 13.4. The number of hydrogen-bond donors (Lipinski definition) is 0. The molecule has 3 aromatic rings. The van der Waals surface area contributed by atoms with Gasteiger partial charge in [-0.1, -0.05) is 34.1 Å². The van der Waals surface area contributed by atoms with E-state index in [1.54, 1.807) is 14.3 Å². The molecule has 0 atom stereocenters. The van der Waals surface area contributed by atoms with Gasteiger partial charge in [-0.3, -0.25) is 14.3 Å². The van der Waals surface area contributed by atoms with Crippen molar-refractivity contribution in [3.05, 3.63) is 74.6 Å². The summed E-state index contributed by atoms with van der Waals surface area (Å²) in [5.74, 6) is -0.190. The second-order valence-electron chi connectivity index (χ2n) is 6.58. The molecule has 0 saturated carbocycles. The summed E-state index contributed by atoms with van der Waals surface area (Å²) in [4.78, 5) is 32.3. The summed E-state index contributed by atoms with van der Waals surface area (Å²) in [7, 11) is 1.81. The molecule has 1 amide bonds.